The van der Waals surface area contributed by atoms with Gasteiger partial charge in [-0.25, -0.2) is 0 Å². The molecular formula is C19H24O2. The van der Waals surface area contributed by atoms with Crippen LogP contribution in [0.5, 0.6) is 11.5 Å². The number of hydrogen-bond acceptors (Lipinski definition) is 2. The molecule has 21 heavy (non-hydrogen) atoms. The molecule has 1 aliphatic rings. The quantitative estimate of drug-likeness (QED) is 0.806. The fraction of sp³-hybridized carbons (Fsp3) is 0.474. The van der Waals surface area contributed by atoms with Crippen LogP contribution in [0.15, 0.2) is 24.3 Å². The molecule has 1 N–H and O–H groups in total. The van der Waals surface area contributed by atoms with E-state index >= 15 is 0 Å². The first-order valence-electron chi connectivity index (χ1n) is 7.60. The van der Waals surface area contributed by atoms with E-state index in [1.165, 1.54) is 24.0 Å². The van der Waals surface area contributed by atoms with Gasteiger partial charge in [0.25, 0.3) is 0 Å². The summed E-state index contributed by atoms with van der Waals surface area (Å²) in [4.78, 5) is 0. The van der Waals surface area contributed by atoms with Gasteiger partial charge in [0.15, 0.2) is 11.5 Å². The summed E-state index contributed by atoms with van der Waals surface area (Å²) in [6.07, 6.45) is 2.40. The summed E-state index contributed by atoms with van der Waals surface area (Å²) in [7, 11) is 1.59. The Morgan fingerprint density at radius 1 is 0.857 bits per heavy atom. The molecule has 0 fully saturated rings. The number of hydrogen-bond donors (Lipinski definition) is 1. The van der Waals surface area contributed by atoms with E-state index in [1.807, 2.05) is 12.1 Å². The van der Waals surface area contributed by atoms with Gasteiger partial charge >= 0.3 is 0 Å². The van der Waals surface area contributed by atoms with Gasteiger partial charge in [0.1, 0.15) is 0 Å². The highest BCUT2D eigenvalue weighted by atomic mass is 16.5. The molecule has 0 unspecified atom stereocenters. The minimum Gasteiger partial charge on any atom is -0.504 e. The van der Waals surface area contributed by atoms with Crippen molar-refractivity contribution in [2.24, 2.45) is 0 Å². The molecule has 0 bridgehead atoms. The third-order valence-corrected chi connectivity index (χ3v) is 5.11. The lowest BCUT2D eigenvalue weighted by Crippen LogP contribution is -2.33. The van der Waals surface area contributed by atoms with Crippen molar-refractivity contribution in [1.82, 2.24) is 0 Å². The standard InChI is InChI=1S/C19H24O2/c1-18(2)6-7-19(3,4)15-9-13-11-17(21-5)16(20)10-12(13)8-14(15)18/h8-11,20H,6-7H2,1-5H3. The average Bonchev–Trinajstić information content (AvgIpc) is 2.42. The molecule has 0 atom stereocenters. The molecule has 0 aliphatic heterocycles. The van der Waals surface area contributed by atoms with Gasteiger partial charge in [-0.15, -0.1) is 0 Å². The molecule has 3 rings (SSSR count). The van der Waals surface area contributed by atoms with Gasteiger partial charge in [-0.3, -0.25) is 0 Å². The van der Waals surface area contributed by atoms with Gasteiger partial charge in [0, 0.05) is 0 Å². The molecule has 1 aliphatic carbocycles. The molecular weight excluding hydrogens is 260 g/mol. The van der Waals surface area contributed by atoms with E-state index < -0.39 is 0 Å². The second-order valence-corrected chi connectivity index (χ2v) is 7.54. The Labute approximate surface area is 126 Å². The number of rotatable bonds is 1. The van der Waals surface area contributed by atoms with Gasteiger partial charge in [-0.05, 0) is 57.7 Å². The van der Waals surface area contributed by atoms with Crippen molar-refractivity contribution >= 4 is 10.8 Å². The van der Waals surface area contributed by atoms with E-state index in [-0.39, 0.29) is 16.6 Å². The highest BCUT2D eigenvalue weighted by Crippen LogP contribution is 2.47. The molecule has 2 aromatic carbocycles. The van der Waals surface area contributed by atoms with E-state index in [0.717, 1.165) is 10.8 Å². The predicted octanol–water partition coefficient (Wildman–Crippen LogP) is 4.90. The molecule has 0 spiro atoms. The Hall–Kier alpha value is -1.70. The van der Waals surface area contributed by atoms with Crippen LogP contribution >= 0.6 is 0 Å². The second kappa shape index (κ2) is 4.40. The van der Waals surface area contributed by atoms with E-state index in [0.29, 0.717) is 5.75 Å². The van der Waals surface area contributed by atoms with E-state index in [4.69, 9.17) is 4.74 Å². The van der Waals surface area contributed by atoms with Crippen LogP contribution in [-0.2, 0) is 10.8 Å². The lowest BCUT2D eigenvalue weighted by molar-refractivity contribution is 0.332. The lowest BCUT2D eigenvalue weighted by atomic mass is 9.63. The first-order chi connectivity index (χ1) is 9.74. The van der Waals surface area contributed by atoms with Crippen molar-refractivity contribution in [3.05, 3.63) is 35.4 Å². The van der Waals surface area contributed by atoms with Gasteiger partial charge in [-0.2, -0.15) is 0 Å². The first-order valence-corrected chi connectivity index (χ1v) is 7.60. The zero-order valence-corrected chi connectivity index (χ0v) is 13.6. The summed E-state index contributed by atoms with van der Waals surface area (Å²) in [5.74, 6) is 0.744. The van der Waals surface area contributed by atoms with E-state index in [2.05, 4.69) is 39.8 Å². The van der Waals surface area contributed by atoms with Gasteiger partial charge in [-0.1, -0.05) is 39.8 Å². The molecule has 0 radical (unpaired) electrons. The van der Waals surface area contributed by atoms with Crippen LogP contribution in [0.25, 0.3) is 10.8 Å². The van der Waals surface area contributed by atoms with Crippen LogP contribution in [-0.4, -0.2) is 12.2 Å². The highest BCUT2D eigenvalue weighted by Gasteiger charge is 2.37. The van der Waals surface area contributed by atoms with Crippen LogP contribution < -0.4 is 4.74 Å². The molecule has 2 nitrogen and oxygen atoms in total. The van der Waals surface area contributed by atoms with Crippen LogP contribution in [0.4, 0.5) is 0 Å². The van der Waals surface area contributed by atoms with Crippen LogP contribution in [0, 0.1) is 0 Å². The SMILES string of the molecule is COc1cc2cc3c(cc2cc1O)C(C)(C)CCC3(C)C. The van der Waals surface area contributed by atoms with Crippen molar-refractivity contribution in [2.45, 2.75) is 51.4 Å². The number of methoxy groups -OCH3 is 1. The van der Waals surface area contributed by atoms with Crippen LogP contribution in [0.2, 0.25) is 0 Å². The maximum absolute atomic E-state index is 10.0. The predicted molar refractivity (Wildman–Crippen MR) is 87.5 cm³/mol. The zero-order chi connectivity index (χ0) is 15.4. The topological polar surface area (TPSA) is 29.5 Å². The van der Waals surface area contributed by atoms with Gasteiger partial charge < -0.3 is 9.84 Å². The molecule has 112 valence electrons. The van der Waals surface area contributed by atoms with Crippen molar-refractivity contribution in [3.8, 4) is 11.5 Å². The minimum absolute atomic E-state index is 0.189. The fourth-order valence-electron chi connectivity index (χ4n) is 3.49. The Bertz CT molecular complexity index is 711. The Balaban J connectivity index is 2.33. The Morgan fingerprint density at radius 2 is 1.33 bits per heavy atom. The number of benzene rings is 2. The number of phenolic OH excluding ortho intramolecular Hbond substituents is 1. The van der Waals surface area contributed by atoms with Crippen molar-refractivity contribution in [2.75, 3.05) is 7.11 Å². The molecule has 0 amide bonds. The summed E-state index contributed by atoms with van der Waals surface area (Å²) >= 11 is 0. The molecule has 0 saturated carbocycles. The number of ether oxygens (including phenoxy) is 1. The number of fused-ring (bicyclic) bond motifs is 2. The molecule has 0 heterocycles. The fourth-order valence-corrected chi connectivity index (χ4v) is 3.49. The maximum Gasteiger partial charge on any atom is 0.161 e. The van der Waals surface area contributed by atoms with Crippen molar-refractivity contribution in [3.63, 3.8) is 0 Å². The summed E-state index contributed by atoms with van der Waals surface area (Å²) in [6.45, 7) is 9.28. The lowest BCUT2D eigenvalue weighted by Gasteiger charge is -2.42. The largest absolute Gasteiger partial charge is 0.504 e. The molecule has 0 aromatic heterocycles. The normalized spacial score (nSPS) is 19.3. The summed E-state index contributed by atoms with van der Waals surface area (Å²) in [5.41, 5.74) is 3.23. The number of aromatic hydroxyl groups is 1. The Kier molecular flexibility index (Phi) is 2.98. The van der Waals surface area contributed by atoms with E-state index in [9.17, 15) is 5.11 Å². The van der Waals surface area contributed by atoms with E-state index in [1.54, 1.807) is 7.11 Å². The van der Waals surface area contributed by atoms with Crippen molar-refractivity contribution in [1.29, 1.82) is 0 Å². The average molecular weight is 284 g/mol. The second-order valence-electron chi connectivity index (χ2n) is 7.54. The molecule has 0 saturated heterocycles. The van der Waals surface area contributed by atoms with Gasteiger partial charge in [0.05, 0.1) is 7.11 Å². The van der Waals surface area contributed by atoms with Crippen LogP contribution in [0.3, 0.4) is 0 Å². The minimum atomic E-state index is 0.189. The van der Waals surface area contributed by atoms with Gasteiger partial charge in [0.2, 0.25) is 0 Å². The third kappa shape index (κ3) is 2.17. The maximum atomic E-state index is 10.0. The monoisotopic (exact) mass is 284 g/mol. The van der Waals surface area contributed by atoms with Crippen LogP contribution in [0.1, 0.15) is 51.7 Å². The first kappa shape index (κ1) is 14.2. The number of phenols is 1. The summed E-state index contributed by atoms with van der Waals surface area (Å²) < 4.78 is 5.24. The Morgan fingerprint density at radius 3 is 1.81 bits per heavy atom. The smallest absolute Gasteiger partial charge is 0.161 e. The highest BCUT2D eigenvalue weighted by molar-refractivity contribution is 5.88. The summed E-state index contributed by atoms with van der Waals surface area (Å²) in [6, 6.07) is 8.28. The zero-order valence-electron chi connectivity index (χ0n) is 13.6. The van der Waals surface area contributed by atoms with Crippen molar-refractivity contribution < 1.29 is 9.84 Å². The third-order valence-electron chi connectivity index (χ3n) is 5.11. The molecule has 2 heteroatoms. The molecule has 2 aromatic rings. The summed E-state index contributed by atoms with van der Waals surface area (Å²) in [5, 5.41) is 12.2.